The summed E-state index contributed by atoms with van der Waals surface area (Å²) in [5, 5.41) is 1.82. The highest BCUT2D eigenvalue weighted by Gasteiger charge is 2.34. The summed E-state index contributed by atoms with van der Waals surface area (Å²) in [4.78, 5) is 26.9. The van der Waals surface area contributed by atoms with Crippen molar-refractivity contribution in [2.45, 2.75) is 32.7 Å². The van der Waals surface area contributed by atoms with Crippen LogP contribution in [-0.2, 0) is 11.2 Å². The van der Waals surface area contributed by atoms with Crippen LogP contribution in [-0.4, -0.2) is 54.3 Å². The number of carbonyl (C=O) groups excluding carboxylic acids is 1. The molecule has 0 atom stereocenters. The van der Waals surface area contributed by atoms with Crippen LogP contribution in [0.1, 0.15) is 37.5 Å². The SMILES string of the molecule is COc1ccc(N=C2S/C(=C/c3cc4c(cc3OC)N(C)C(C)(C)C=C4C)C(=O)N2CCc2c[nH]c3ccccc23)cc1. The molecule has 0 spiro atoms. The molecule has 1 N–H and O–H groups in total. The quantitative estimate of drug-likeness (QED) is 0.223. The number of hydrogen-bond acceptors (Lipinski definition) is 6. The van der Waals surface area contributed by atoms with E-state index in [4.69, 9.17) is 14.5 Å². The standard InChI is InChI=1S/C35H36N4O3S/c1-22-20-35(2,3)38(4)30-19-31(42-6)24(17-28(22)30)18-32-33(40)39(16-15-23-21-36-29-10-8-7-9-27(23)29)34(43-32)37-25-11-13-26(41-5)14-12-25/h7-14,17-21,36H,15-16H2,1-6H3/b32-18+,37-34?. The van der Waals surface area contributed by atoms with E-state index in [-0.39, 0.29) is 11.4 Å². The number of methoxy groups -OCH3 is 2. The summed E-state index contributed by atoms with van der Waals surface area (Å²) in [5.74, 6) is 1.42. The summed E-state index contributed by atoms with van der Waals surface area (Å²) >= 11 is 1.39. The number of rotatable bonds is 7. The third kappa shape index (κ3) is 5.43. The van der Waals surface area contributed by atoms with Crippen molar-refractivity contribution in [1.82, 2.24) is 9.88 Å². The number of amides is 1. The molecule has 0 radical (unpaired) electrons. The number of thioether (sulfide) groups is 1. The lowest BCUT2D eigenvalue weighted by Gasteiger charge is -2.41. The Morgan fingerprint density at radius 3 is 2.56 bits per heavy atom. The van der Waals surface area contributed by atoms with Crippen molar-refractivity contribution in [2.75, 3.05) is 32.7 Å². The van der Waals surface area contributed by atoms with E-state index in [0.717, 1.165) is 39.5 Å². The van der Waals surface area contributed by atoms with Gasteiger partial charge in [0.2, 0.25) is 0 Å². The van der Waals surface area contributed by atoms with E-state index in [1.165, 1.54) is 28.3 Å². The number of nitrogens with one attached hydrogen (secondary N) is 1. The fourth-order valence-electron chi connectivity index (χ4n) is 5.75. The van der Waals surface area contributed by atoms with Crippen molar-refractivity contribution in [2.24, 2.45) is 4.99 Å². The number of benzene rings is 3. The van der Waals surface area contributed by atoms with Gasteiger partial charge in [0.05, 0.1) is 30.4 Å². The summed E-state index contributed by atoms with van der Waals surface area (Å²) in [5.41, 5.74) is 7.20. The number of hydrogen-bond donors (Lipinski definition) is 1. The Balaban J connectivity index is 1.37. The van der Waals surface area contributed by atoms with Crippen LogP contribution in [0.4, 0.5) is 11.4 Å². The topological polar surface area (TPSA) is 70.2 Å². The van der Waals surface area contributed by atoms with Gasteiger partial charge in [-0.15, -0.1) is 0 Å². The van der Waals surface area contributed by atoms with Crippen LogP contribution in [0, 0.1) is 0 Å². The number of nitrogens with zero attached hydrogens (tertiary/aromatic N) is 3. The second-order valence-corrected chi connectivity index (χ2v) is 12.4. The number of H-pyrrole nitrogens is 1. The first-order chi connectivity index (χ1) is 20.7. The molecule has 1 aromatic heterocycles. The van der Waals surface area contributed by atoms with E-state index in [1.807, 2.05) is 48.7 Å². The molecule has 3 heterocycles. The van der Waals surface area contributed by atoms with E-state index in [9.17, 15) is 4.79 Å². The Morgan fingerprint density at radius 1 is 1.05 bits per heavy atom. The number of amidine groups is 1. The summed E-state index contributed by atoms with van der Waals surface area (Å²) in [7, 11) is 5.42. The number of aromatic amines is 1. The first kappa shape index (κ1) is 28.7. The summed E-state index contributed by atoms with van der Waals surface area (Å²) in [6, 6.07) is 20.0. The molecule has 0 unspecified atom stereocenters. The zero-order chi connectivity index (χ0) is 30.3. The first-order valence-corrected chi connectivity index (χ1v) is 15.1. The highest BCUT2D eigenvalue weighted by Crippen LogP contribution is 2.43. The average Bonchev–Trinajstić information content (AvgIpc) is 3.54. The van der Waals surface area contributed by atoms with Gasteiger partial charge in [-0.25, -0.2) is 4.99 Å². The second kappa shape index (κ2) is 11.3. The number of ether oxygens (including phenoxy) is 2. The third-order valence-electron chi connectivity index (χ3n) is 8.32. The fraction of sp³-hybridized carbons (Fsp3) is 0.257. The molecule has 0 saturated carbocycles. The Bertz CT molecular complexity index is 1800. The van der Waals surface area contributed by atoms with E-state index >= 15 is 0 Å². The smallest absolute Gasteiger partial charge is 0.266 e. The Labute approximate surface area is 256 Å². The lowest BCUT2D eigenvalue weighted by molar-refractivity contribution is -0.122. The van der Waals surface area contributed by atoms with Crippen molar-refractivity contribution in [3.05, 3.63) is 94.5 Å². The minimum Gasteiger partial charge on any atom is -0.497 e. The molecule has 2 aliphatic heterocycles. The van der Waals surface area contributed by atoms with Gasteiger partial charge in [0.25, 0.3) is 5.91 Å². The highest BCUT2D eigenvalue weighted by molar-refractivity contribution is 8.18. The number of aliphatic imine (C=N–C) groups is 1. The van der Waals surface area contributed by atoms with Gasteiger partial charge in [-0.05, 0) is 92.6 Å². The van der Waals surface area contributed by atoms with E-state index in [0.29, 0.717) is 23.0 Å². The molecule has 220 valence electrons. The van der Waals surface area contributed by atoms with Crippen LogP contribution < -0.4 is 14.4 Å². The normalized spacial score (nSPS) is 18.0. The minimum absolute atomic E-state index is 0.0672. The molecule has 2 aliphatic rings. The molecule has 0 bridgehead atoms. The summed E-state index contributed by atoms with van der Waals surface area (Å²) in [6.45, 7) is 7.04. The molecular weight excluding hydrogens is 556 g/mol. The number of carbonyl (C=O) groups is 1. The molecule has 8 heteroatoms. The maximum atomic E-state index is 14.0. The summed E-state index contributed by atoms with van der Waals surface area (Å²) < 4.78 is 11.2. The largest absolute Gasteiger partial charge is 0.497 e. The van der Waals surface area contributed by atoms with Crippen molar-refractivity contribution in [3.8, 4) is 11.5 Å². The Kier molecular flexibility index (Phi) is 7.56. The lowest BCUT2D eigenvalue weighted by Crippen LogP contribution is -2.42. The van der Waals surface area contributed by atoms with Gasteiger partial charge < -0.3 is 19.4 Å². The number of aromatic nitrogens is 1. The average molecular weight is 593 g/mol. The molecule has 43 heavy (non-hydrogen) atoms. The van der Waals surface area contributed by atoms with Gasteiger partial charge in [0, 0.05) is 53.6 Å². The predicted octanol–water partition coefficient (Wildman–Crippen LogP) is 7.66. The second-order valence-electron chi connectivity index (χ2n) is 11.4. The first-order valence-electron chi connectivity index (χ1n) is 14.3. The van der Waals surface area contributed by atoms with Crippen LogP contribution in [0.25, 0.3) is 22.6 Å². The maximum absolute atomic E-state index is 14.0. The number of para-hydroxylation sites is 1. The Morgan fingerprint density at radius 2 is 1.81 bits per heavy atom. The number of anilines is 1. The van der Waals surface area contributed by atoms with Crippen molar-refractivity contribution in [1.29, 1.82) is 0 Å². The summed E-state index contributed by atoms with van der Waals surface area (Å²) in [6.07, 6.45) is 6.94. The van der Waals surface area contributed by atoms with Crippen molar-refractivity contribution >= 4 is 56.8 Å². The molecule has 1 fully saturated rings. The zero-order valence-electron chi connectivity index (χ0n) is 25.4. The van der Waals surface area contributed by atoms with Gasteiger partial charge in [0.1, 0.15) is 11.5 Å². The lowest BCUT2D eigenvalue weighted by atomic mass is 9.88. The van der Waals surface area contributed by atoms with Gasteiger partial charge in [0.15, 0.2) is 5.17 Å². The van der Waals surface area contributed by atoms with E-state index in [2.05, 4.69) is 68.0 Å². The number of fused-ring (bicyclic) bond motifs is 2. The van der Waals surface area contributed by atoms with Gasteiger partial charge >= 0.3 is 0 Å². The van der Waals surface area contributed by atoms with Gasteiger partial charge in [-0.1, -0.05) is 24.3 Å². The molecule has 1 amide bonds. The highest BCUT2D eigenvalue weighted by atomic mass is 32.2. The van der Waals surface area contributed by atoms with Crippen LogP contribution in [0.2, 0.25) is 0 Å². The molecule has 3 aromatic carbocycles. The molecular formula is C35H36N4O3S. The van der Waals surface area contributed by atoms with E-state index in [1.54, 1.807) is 19.1 Å². The van der Waals surface area contributed by atoms with Crippen LogP contribution >= 0.6 is 11.8 Å². The van der Waals surface area contributed by atoms with Crippen LogP contribution in [0.5, 0.6) is 11.5 Å². The molecule has 4 aromatic rings. The van der Waals surface area contributed by atoms with Crippen molar-refractivity contribution < 1.29 is 14.3 Å². The molecule has 0 aliphatic carbocycles. The maximum Gasteiger partial charge on any atom is 0.266 e. The van der Waals surface area contributed by atoms with Gasteiger partial charge in [-0.3, -0.25) is 9.69 Å². The third-order valence-corrected chi connectivity index (χ3v) is 9.33. The van der Waals surface area contributed by atoms with Crippen LogP contribution in [0.15, 0.2) is 82.8 Å². The van der Waals surface area contributed by atoms with Crippen LogP contribution in [0.3, 0.4) is 0 Å². The molecule has 6 rings (SSSR count). The van der Waals surface area contributed by atoms with Gasteiger partial charge in [-0.2, -0.15) is 0 Å². The molecule has 1 saturated heterocycles. The number of likely N-dealkylation sites (N-methyl/N-ethyl adjacent to an activating group) is 1. The zero-order valence-corrected chi connectivity index (χ0v) is 26.2. The number of allylic oxidation sites excluding steroid dienone is 1. The van der Waals surface area contributed by atoms with Crippen molar-refractivity contribution in [3.63, 3.8) is 0 Å². The predicted molar refractivity (Wildman–Crippen MR) is 178 cm³/mol. The fourth-order valence-corrected chi connectivity index (χ4v) is 6.77. The minimum atomic E-state index is -0.114. The monoisotopic (exact) mass is 592 g/mol. The van der Waals surface area contributed by atoms with E-state index < -0.39 is 0 Å². The molecule has 7 nitrogen and oxygen atoms in total. The Hall–Kier alpha value is -4.43.